The smallest absolute Gasteiger partial charge is 0.140 e. The lowest BCUT2D eigenvalue weighted by Gasteiger charge is -2.11. The van der Waals surface area contributed by atoms with Crippen LogP contribution in [-0.4, -0.2) is 0 Å². The molecule has 102 valence electrons. The highest BCUT2D eigenvalue weighted by atomic mass is 79.9. The van der Waals surface area contributed by atoms with Crippen LogP contribution in [0, 0.1) is 17.1 Å². The maximum atomic E-state index is 13.2. The predicted molar refractivity (Wildman–Crippen MR) is 82.2 cm³/mol. The Kier molecular flexibility index (Phi) is 5.16. The van der Waals surface area contributed by atoms with Crippen molar-refractivity contribution in [1.29, 1.82) is 5.26 Å². The molecule has 0 fully saturated rings. The Morgan fingerprint density at radius 2 is 2.00 bits per heavy atom. The van der Waals surface area contributed by atoms with Crippen molar-refractivity contribution < 1.29 is 9.13 Å². The summed E-state index contributed by atoms with van der Waals surface area (Å²) in [6.45, 7) is 0.288. The minimum absolute atomic E-state index is 0.0302. The molecule has 0 aliphatic rings. The largest absolute Gasteiger partial charge is 0.489 e. The van der Waals surface area contributed by atoms with Gasteiger partial charge in [0.2, 0.25) is 0 Å². The molecule has 0 bridgehead atoms. The summed E-state index contributed by atoms with van der Waals surface area (Å²) in [6.07, 6.45) is 0. The van der Waals surface area contributed by atoms with Gasteiger partial charge in [0.05, 0.1) is 5.56 Å². The molecule has 0 aliphatic heterocycles. The normalized spacial score (nSPS) is 10.1. The van der Waals surface area contributed by atoms with Crippen molar-refractivity contribution in [3.8, 4) is 11.8 Å². The van der Waals surface area contributed by atoms with E-state index in [9.17, 15) is 4.39 Å². The Labute approximate surface area is 133 Å². The molecule has 2 aromatic rings. The molecule has 0 atom stereocenters. The van der Waals surface area contributed by atoms with Gasteiger partial charge in [-0.1, -0.05) is 37.9 Å². The van der Waals surface area contributed by atoms with E-state index in [1.165, 1.54) is 12.1 Å². The molecule has 0 radical (unpaired) electrons. The number of alkyl halides is 1. The van der Waals surface area contributed by atoms with Crippen LogP contribution < -0.4 is 4.74 Å². The zero-order valence-electron chi connectivity index (χ0n) is 10.4. The summed E-state index contributed by atoms with van der Waals surface area (Å²) in [5, 5.41) is 9.47. The molecule has 0 unspecified atom stereocenters. The zero-order valence-corrected chi connectivity index (χ0v) is 13.5. The van der Waals surface area contributed by atoms with E-state index < -0.39 is 5.82 Å². The molecule has 0 amide bonds. The number of nitrogens with zero attached hydrogens (tertiary/aromatic N) is 1. The highest BCUT2D eigenvalue weighted by Gasteiger charge is 2.06. The molecule has 5 heteroatoms. The van der Waals surface area contributed by atoms with E-state index in [1.807, 2.05) is 24.3 Å². The van der Waals surface area contributed by atoms with Crippen molar-refractivity contribution in [1.82, 2.24) is 0 Å². The summed E-state index contributed by atoms with van der Waals surface area (Å²) >= 11 is 6.81. The third kappa shape index (κ3) is 3.59. The molecule has 0 aliphatic carbocycles. The quantitative estimate of drug-likeness (QED) is 0.683. The molecule has 0 N–H and O–H groups in total. The monoisotopic (exact) mass is 397 g/mol. The molecule has 0 aromatic heterocycles. The topological polar surface area (TPSA) is 33.0 Å². The van der Waals surface area contributed by atoms with Crippen molar-refractivity contribution in [2.24, 2.45) is 0 Å². The fraction of sp³-hybridized carbons (Fsp3) is 0.133. The van der Waals surface area contributed by atoms with Crippen LogP contribution in [0.4, 0.5) is 4.39 Å². The third-order valence-electron chi connectivity index (χ3n) is 2.71. The van der Waals surface area contributed by atoms with E-state index >= 15 is 0 Å². The van der Waals surface area contributed by atoms with Crippen LogP contribution in [-0.2, 0) is 11.9 Å². The minimum Gasteiger partial charge on any atom is -0.489 e. The Morgan fingerprint density at radius 3 is 2.70 bits per heavy atom. The molecular formula is C15H10Br2FNO. The van der Waals surface area contributed by atoms with Gasteiger partial charge in [-0.25, -0.2) is 4.39 Å². The second-order valence-corrected chi connectivity index (χ2v) is 5.58. The summed E-state index contributed by atoms with van der Waals surface area (Å²) in [4.78, 5) is 0. The van der Waals surface area contributed by atoms with Crippen LogP contribution >= 0.6 is 31.9 Å². The molecular weight excluding hydrogens is 389 g/mol. The van der Waals surface area contributed by atoms with Crippen LogP contribution in [0.2, 0.25) is 0 Å². The number of hydrogen-bond donors (Lipinski definition) is 0. The fourth-order valence-electron chi connectivity index (χ4n) is 1.70. The summed E-state index contributed by atoms with van der Waals surface area (Å²) in [6, 6.07) is 12.0. The zero-order chi connectivity index (χ0) is 14.5. The molecule has 0 saturated carbocycles. The average Bonchev–Trinajstić information content (AvgIpc) is 2.47. The van der Waals surface area contributed by atoms with Crippen molar-refractivity contribution in [2.45, 2.75) is 11.9 Å². The van der Waals surface area contributed by atoms with Gasteiger partial charge in [0.1, 0.15) is 24.2 Å². The molecule has 2 aromatic carbocycles. The van der Waals surface area contributed by atoms with Gasteiger partial charge in [-0.3, -0.25) is 0 Å². The first-order valence-corrected chi connectivity index (χ1v) is 7.71. The second-order valence-electron chi connectivity index (χ2n) is 4.10. The van der Waals surface area contributed by atoms with Crippen molar-refractivity contribution >= 4 is 31.9 Å². The second kappa shape index (κ2) is 6.87. The Balaban J connectivity index is 2.15. The Hall–Kier alpha value is -1.38. The van der Waals surface area contributed by atoms with Gasteiger partial charge in [0, 0.05) is 15.4 Å². The van der Waals surface area contributed by atoms with Gasteiger partial charge in [0.15, 0.2) is 0 Å². The van der Waals surface area contributed by atoms with E-state index in [0.29, 0.717) is 5.33 Å². The number of rotatable bonds is 4. The lowest BCUT2D eigenvalue weighted by Crippen LogP contribution is -1.99. The Bertz CT molecular complexity index is 667. The maximum Gasteiger partial charge on any atom is 0.140 e. The first-order valence-electron chi connectivity index (χ1n) is 5.79. The van der Waals surface area contributed by atoms with Gasteiger partial charge in [-0.15, -0.1) is 0 Å². The molecule has 2 nitrogen and oxygen atoms in total. The average molecular weight is 399 g/mol. The van der Waals surface area contributed by atoms with Crippen LogP contribution in [0.1, 0.15) is 16.7 Å². The van der Waals surface area contributed by atoms with Crippen LogP contribution in [0.15, 0.2) is 40.9 Å². The number of nitriles is 1. The number of hydrogen-bond acceptors (Lipinski definition) is 2. The van der Waals surface area contributed by atoms with E-state index in [1.54, 1.807) is 6.07 Å². The van der Waals surface area contributed by atoms with E-state index in [2.05, 4.69) is 31.9 Å². The molecule has 20 heavy (non-hydrogen) atoms. The van der Waals surface area contributed by atoms with Crippen LogP contribution in [0.25, 0.3) is 0 Å². The van der Waals surface area contributed by atoms with E-state index in [4.69, 9.17) is 10.00 Å². The number of halogens is 3. The first kappa shape index (κ1) is 15.0. The predicted octanol–water partition coefficient (Wildman–Crippen LogP) is 4.93. The molecule has 0 saturated heterocycles. The summed E-state index contributed by atoms with van der Waals surface area (Å²) in [5.74, 6) is 0.244. The van der Waals surface area contributed by atoms with Gasteiger partial charge >= 0.3 is 0 Å². The van der Waals surface area contributed by atoms with Crippen LogP contribution in [0.3, 0.4) is 0 Å². The van der Waals surface area contributed by atoms with Gasteiger partial charge < -0.3 is 4.74 Å². The molecule has 0 spiro atoms. The minimum atomic E-state index is -0.513. The van der Waals surface area contributed by atoms with Crippen molar-refractivity contribution in [2.75, 3.05) is 0 Å². The summed E-state index contributed by atoms with van der Waals surface area (Å²) in [7, 11) is 0. The fourth-order valence-corrected chi connectivity index (χ4v) is 2.55. The molecule has 0 heterocycles. The van der Waals surface area contributed by atoms with Crippen LogP contribution in [0.5, 0.6) is 5.75 Å². The number of ether oxygens (including phenoxy) is 1. The standard InChI is InChI=1S/C15H10Br2FNO/c16-7-11-6-13(17)2-4-15(11)20-9-10-1-3-14(18)12(5-10)8-19/h1-6H,7,9H2. The van der Waals surface area contributed by atoms with Gasteiger partial charge in [0.25, 0.3) is 0 Å². The highest BCUT2D eigenvalue weighted by molar-refractivity contribution is 9.10. The summed E-state index contributed by atoms with van der Waals surface area (Å²) < 4.78 is 19.9. The SMILES string of the molecule is N#Cc1cc(COc2ccc(Br)cc2CBr)ccc1F. The van der Waals surface area contributed by atoms with Crippen molar-refractivity contribution in [3.63, 3.8) is 0 Å². The van der Waals surface area contributed by atoms with Gasteiger partial charge in [-0.2, -0.15) is 5.26 Å². The number of benzene rings is 2. The van der Waals surface area contributed by atoms with E-state index in [0.717, 1.165) is 21.3 Å². The first-order chi connectivity index (χ1) is 9.63. The third-order valence-corrected chi connectivity index (χ3v) is 3.81. The van der Waals surface area contributed by atoms with E-state index in [-0.39, 0.29) is 12.2 Å². The summed E-state index contributed by atoms with van der Waals surface area (Å²) in [5.41, 5.74) is 1.80. The maximum absolute atomic E-state index is 13.2. The highest BCUT2D eigenvalue weighted by Crippen LogP contribution is 2.26. The lowest BCUT2D eigenvalue weighted by atomic mass is 10.1. The molecule has 2 rings (SSSR count). The lowest BCUT2D eigenvalue weighted by molar-refractivity contribution is 0.303. The Morgan fingerprint density at radius 1 is 1.20 bits per heavy atom. The van der Waals surface area contributed by atoms with Crippen molar-refractivity contribution in [3.05, 3.63) is 63.4 Å². The van der Waals surface area contributed by atoms with Gasteiger partial charge in [-0.05, 0) is 35.9 Å².